The number of anilines is 1. The van der Waals surface area contributed by atoms with Gasteiger partial charge in [-0.2, -0.15) is 10.4 Å². The van der Waals surface area contributed by atoms with Gasteiger partial charge in [0.2, 0.25) is 5.60 Å². The van der Waals surface area contributed by atoms with Gasteiger partial charge in [0.1, 0.15) is 24.6 Å². The monoisotopic (exact) mass is 368 g/mol. The van der Waals surface area contributed by atoms with Gasteiger partial charge in [0.15, 0.2) is 17.1 Å². The molecule has 4 rings (SSSR count). The molecule has 2 aromatic rings. The number of ether oxygens (including phenoxy) is 1. The molecule has 4 N–H and O–H groups in total. The van der Waals surface area contributed by atoms with Crippen molar-refractivity contribution in [1.82, 2.24) is 19.6 Å². The van der Waals surface area contributed by atoms with Gasteiger partial charge in [-0.3, -0.25) is 9.05 Å². The molecule has 2 aliphatic rings. The van der Waals surface area contributed by atoms with E-state index in [-0.39, 0.29) is 23.8 Å². The number of fused-ring (bicyclic) bond motifs is 2. The van der Waals surface area contributed by atoms with Crippen molar-refractivity contribution in [1.29, 1.82) is 5.26 Å². The number of imidazole rings is 1. The molecule has 0 aliphatic carbocycles. The second kappa shape index (κ2) is 4.95. The average Bonchev–Trinajstić information content (AvgIpc) is 3.09. The molecule has 0 radical (unpaired) electrons. The topological polar surface area (TPSA) is 178 Å². The van der Waals surface area contributed by atoms with Crippen molar-refractivity contribution in [2.45, 2.75) is 30.3 Å². The third kappa shape index (κ3) is 2.05. The number of hydrogen-bond donors (Lipinski definition) is 3. The van der Waals surface area contributed by atoms with E-state index in [2.05, 4.69) is 15.1 Å². The lowest BCUT2D eigenvalue weighted by Crippen LogP contribution is -2.54. The van der Waals surface area contributed by atoms with Crippen molar-refractivity contribution >= 4 is 19.3 Å². The number of rotatable bonds is 1. The van der Waals surface area contributed by atoms with E-state index in [0.717, 1.165) is 0 Å². The highest BCUT2D eigenvalue weighted by Crippen LogP contribution is 2.57. The number of phosphoric acid groups is 1. The molecule has 25 heavy (non-hydrogen) atoms. The molecule has 5 atom stereocenters. The normalized spacial score (nSPS) is 40.7. The Labute approximate surface area is 140 Å². The third-order valence-electron chi connectivity index (χ3n) is 4.50. The van der Waals surface area contributed by atoms with Gasteiger partial charge in [0.25, 0.3) is 0 Å². The zero-order valence-corrected chi connectivity index (χ0v) is 13.7. The Hall–Kier alpha value is -2.13. The van der Waals surface area contributed by atoms with Gasteiger partial charge in [-0.15, -0.1) is 0 Å². The van der Waals surface area contributed by atoms with Crippen LogP contribution >= 0.6 is 7.82 Å². The molecular weight excluding hydrogens is 355 g/mol. The van der Waals surface area contributed by atoms with Crippen LogP contribution in [0.2, 0.25) is 0 Å². The van der Waals surface area contributed by atoms with Gasteiger partial charge in [-0.05, 0) is 6.92 Å². The van der Waals surface area contributed by atoms with Crippen molar-refractivity contribution in [2.24, 2.45) is 0 Å². The Morgan fingerprint density at radius 3 is 3.04 bits per heavy atom. The molecule has 0 bridgehead atoms. The third-order valence-corrected chi connectivity index (χ3v) is 5.47. The maximum atomic E-state index is 11.7. The first-order chi connectivity index (χ1) is 11.7. The van der Waals surface area contributed by atoms with E-state index < -0.39 is 31.2 Å². The minimum Gasteiger partial charge on any atom is -0.381 e. The summed E-state index contributed by atoms with van der Waals surface area (Å²) in [5, 5.41) is 24.7. The van der Waals surface area contributed by atoms with Gasteiger partial charge >= 0.3 is 7.82 Å². The Kier molecular flexibility index (Phi) is 3.24. The minimum atomic E-state index is -4.40. The smallest absolute Gasteiger partial charge is 0.381 e. The molecule has 1 unspecified atom stereocenters. The summed E-state index contributed by atoms with van der Waals surface area (Å²) in [6.45, 7) is 1.10. The van der Waals surface area contributed by atoms with E-state index in [1.165, 1.54) is 24.0 Å². The highest BCUT2D eigenvalue weighted by atomic mass is 31.2. The lowest BCUT2D eigenvalue weighted by atomic mass is 9.80. The van der Waals surface area contributed by atoms with Crippen molar-refractivity contribution in [2.75, 3.05) is 12.3 Å². The van der Waals surface area contributed by atoms with Crippen molar-refractivity contribution in [3.63, 3.8) is 0 Å². The number of hydrogen-bond acceptors (Lipinski definition) is 10. The van der Waals surface area contributed by atoms with Crippen LogP contribution < -0.4 is 5.73 Å². The zero-order valence-electron chi connectivity index (χ0n) is 12.8. The molecule has 132 valence electrons. The number of nitrogens with two attached hydrogens (primary N) is 1. The SMILES string of the molecule is C[C@@]1(c2cnc3c(N)ncnn23)O[C@@H]2COP(=O)(O)O[C@H]2[C@]1(O)C#N. The summed E-state index contributed by atoms with van der Waals surface area (Å²) in [6.07, 6.45) is 0.163. The van der Waals surface area contributed by atoms with Crippen LogP contribution in [0.5, 0.6) is 0 Å². The fraction of sp³-hybridized carbons (Fsp3) is 0.500. The Morgan fingerprint density at radius 1 is 1.56 bits per heavy atom. The van der Waals surface area contributed by atoms with Crippen LogP contribution in [0.3, 0.4) is 0 Å². The second-order valence-electron chi connectivity index (χ2n) is 5.88. The number of nitrogens with zero attached hydrogens (tertiary/aromatic N) is 5. The largest absolute Gasteiger partial charge is 0.472 e. The van der Waals surface area contributed by atoms with Crippen LogP contribution in [0.25, 0.3) is 5.65 Å². The summed E-state index contributed by atoms with van der Waals surface area (Å²) in [5.74, 6) is 0.0974. The van der Waals surface area contributed by atoms with Crippen LogP contribution in [0.1, 0.15) is 12.6 Å². The maximum Gasteiger partial charge on any atom is 0.472 e. The van der Waals surface area contributed by atoms with E-state index in [1.54, 1.807) is 6.07 Å². The van der Waals surface area contributed by atoms with E-state index in [4.69, 9.17) is 19.5 Å². The van der Waals surface area contributed by atoms with Crippen molar-refractivity contribution in [3.8, 4) is 6.07 Å². The standard InChI is InChI=1S/C12H13N6O6P/c1-11(7-2-15-10-9(14)16-5-17-18(7)10)12(19,4-13)8-6(23-11)3-22-25(20,21)24-8/h2,5-6,8,19H,3H2,1H3,(H,20,21)(H2,14,16,17)/t6-,8-,11+,12-/m1/s1. The van der Waals surface area contributed by atoms with Gasteiger partial charge in [-0.25, -0.2) is 19.0 Å². The van der Waals surface area contributed by atoms with Crippen LogP contribution in [0.4, 0.5) is 5.82 Å². The maximum absolute atomic E-state index is 11.7. The first-order valence-electron chi connectivity index (χ1n) is 7.14. The molecule has 0 saturated carbocycles. The fourth-order valence-electron chi connectivity index (χ4n) is 3.19. The average molecular weight is 368 g/mol. The first kappa shape index (κ1) is 16.3. The van der Waals surface area contributed by atoms with Gasteiger partial charge in [0.05, 0.1) is 18.5 Å². The molecule has 0 spiro atoms. The van der Waals surface area contributed by atoms with Gasteiger partial charge in [0, 0.05) is 0 Å². The number of aliphatic hydroxyl groups is 1. The lowest BCUT2D eigenvalue weighted by Gasteiger charge is -2.34. The highest BCUT2D eigenvalue weighted by molar-refractivity contribution is 7.47. The number of nitriles is 1. The Balaban J connectivity index is 1.89. The molecule has 2 fully saturated rings. The zero-order chi connectivity index (χ0) is 18.0. The molecule has 0 aromatic carbocycles. The van der Waals surface area contributed by atoms with Crippen molar-refractivity contribution < 1.29 is 28.3 Å². The number of aromatic nitrogens is 4. The molecule has 0 amide bonds. The first-order valence-corrected chi connectivity index (χ1v) is 8.63. The minimum absolute atomic E-state index is 0.0974. The highest BCUT2D eigenvalue weighted by Gasteiger charge is 2.69. The van der Waals surface area contributed by atoms with Crippen LogP contribution in [0.15, 0.2) is 12.5 Å². The van der Waals surface area contributed by atoms with E-state index in [9.17, 15) is 19.8 Å². The van der Waals surface area contributed by atoms with Crippen molar-refractivity contribution in [3.05, 3.63) is 18.2 Å². The van der Waals surface area contributed by atoms with Gasteiger partial charge < -0.3 is 20.5 Å². The predicted molar refractivity (Wildman–Crippen MR) is 78.6 cm³/mol. The lowest BCUT2D eigenvalue weighted by molar-refractivity contribution is -0.111. The van der Waals surface area contributed by atoms with E-state index in [1.807, 2.05) is 0 Å². The molecule has 4 heterocycles. The molecule has 2 aliphatic heterocycles. The van der Waals surface area contributed by atoms with Crippen LogP contribution in [-0.2, 0) is 24.0 Å². The summed E-state index contributed by atoms with van der Waals surface area (Å²) >= 11 is 0. The van der Waals surface area contributed by atoms with Crippen LogP contribution in [0, 0.1) is 11.3 Å². The summed E-state index contributed by atoms with van der Waals surface area (Å²) in [6, 6.07) is 1.74. The van der Waals surface area contributed by atoms with Gasteiger partial charge in [-0.1, -0.05) is 0 Å². The number of nitrogen functional groups attached to an aromatic ring is 1. The quantitative estimate of drug-likeness (QED) is 0.419. The molecular formula is C12H13N6O6P. The van der Waals surface area contributed by atoms with Crippen LogP contribution in [-0.4, -0.2) is 54.0 Å². The van der Waals surface area contributed by atoms with E-state index in [0.29, 0.717) is 0 Å². The summed E-state index contributed by atoms with van der Waals surface area (Å²) in [5.41, 5.74) is 2.16. The fourth-order valence-corrected chi connectivity index (χ4v) is 4.16. The second-order valence-corrected chi connectivity index (χ2v) is 7.29. The Morgan fingerprint density at radius 2 is 2.32 bits per heavy atom. The predicted octanol–water partition coefficient (Wildman–Crippen LogP) is -0.909. The Bertz CT molecular complexity index is 959. The molecule has 2 aromatic heterocycles. The summed E-state index contributed by atoms with van der Waals surface area (Å²) in [4.78, 5) is 17.4. The summed E-state index contributed by atoms with van der Waals surface area (Å²) < 4.78 is 28.5. The molecule has 12 nitrogen and oxygen atoms in total. The molecule has 13 heteroatoms. The summed E-state index contributed by atoms with van der Waals surface area (Å²) in [7, 11) is -4.40. The molecule has 2 saturated heterocycles. The van der Waals surface area contributed by atoms with E-state index >= 15 is 0 Å². The number of phosphoric ester groups is 1.